The van der Waals surface area contributed by atoms with Crippen molar-refractivity contribution in [1.29, 1.82) is 0 Å². The molecule has 1 aromatic carbocycles. The highest BCUT2D eigenvalue weighted by molar-refractivity contribution is 5.75. The summed E-state index contributed by atoms with van der Waals surface area (Å²) in [4.78, 5) is 10.7. The van der Waals surface area contributed by atoms with E-state index in [-0.39, 0.29) is 5.91 Å². The van der Waals surface area contributed by atoms with Crippen molar-refractivity contribution in [2.75, 3.05) is 0 Å². The average molecular weight is 229 g/mol. The molecule has 1 aromatic rings. The summed E-state index contributed by atoms with van der Waals surface area (Å²) in [7, 11) is 0. The van der Waals surface area contributed by atoms with Gasteiger partial charge in [0.05, 0.1) is 0 Å². The maximum Gasteiger partial charge on any atom is 0.217 e. The first-order valence-corrected chi connectivity index (χ1v) is 5.84. The molecule has 0 saturated carbocycles. The van der Waals surface area contributed by atoms with Crippen molar-refractivity contribution in [3.63, 3.8) is 0 Å². The molecule has 0 aliphatic heterocycles. The van der Waals surface area contributed by atoms with Crippen LogP contribution in [0.2, 0.25) is 0 Å². The van der Waals surface area contributed by atoms with Gasteiger partial charge in [-0.25, -0.2) is 0 Å². The van der Waals surface area contributed by atoms with Crippen LogP contribution < -0.4 is 5.73 Å². The van der Waals surface area contributed by atoms with E-state index in [1.165, 1.54) is 11.1 Å². The van der Waals surface area contributed by atoms with E-state index >= 15 is 0 Å². The van der Waals surface area contributed by atoms with Gasteiger partial charge in [-0.3, -0.25) is 4.79 Å². The lowest BCUT2D eigenvalue weighted by molar-refractivity contribution is -0.117. The Bertz CT molecular complexity index is 427. The molecule has 0 atom stereocenters. The number of aryl methyl sites for hydroxylation is 1. The topological polar surface area (TPSA) is 43.1 Å². The van der Waals surface area contributed by atoms with E-state index in [2.05, 4.69) is 24.3 Å². The molecule has 0 heterocycles. The normalized spacial score (nSPS) is 12.0. The summed E-state index contributed by atoms with van der Waals surface area (Å²) >= 11 is 0. The van der Waals surface area contributed by atoms with Crippen molar-refractivity contribution < 1.29 is 4.79 Å². The second kappa shape index (κ2) is 6.69. The Kier molecular flexibility index (Phi) is 5.21. The number of nitrogens with two attached hydrogens (primary N) is 1. The fourth-order valence-electron chi connectivity index (χ4n) is 1.67. The number of allylic oxidation sites excluding steroid dienone is 4. The number of primary amides is 1. The van der Waals surface area contributed by atoms with E-state index in [0.717, 1.165) is 5.56 Å². The minimum absolute atomic E-state index is 0.253. The third-order valence-corrected chi connectivity index (χ3v) is 2.60. The molecular weight excluding hydrogens is 210 g/mol. The molecule has 2 nitrogen and oxygen atoms in total. The largest absolute Gasteiger partial charge is 0.370 e. The first-order valence-electron chi connectivity index (χ1n) is 5.84. The summed E-state index contributed by atoms with van der Waals surface area (Å²) in [5, 5.41) is 0. The predicted octanol–water partition coefficient (Wildman–Crippen LogP) is 3.08. The van der Waals surface area contributed by atoms with Gasteiger partial charge in [0.25, 0.3) is 0 Å². The van der Waals surface area contributed by atoms with Gasteiger partial charge in [-0.15, -0.1) is 0 Å². The monoisotopic (exact) mass is 229 g/mol. The van der Waals surface area contributed by atoms with Crippen LogP contribution in [0.3, 0.4) is 0 Å². The van der Waals surface area contributed by atoms with Gasteiger partial charge in [-0.1, -0.05) is 42.5 Å². The predicted molar refractivity (Wildman–Crippen MR) is 72.4 cm³/mol. The number of benzene rings is 1. The molecule has 1 rings (SSSR count). The Morgan fingerprint density at radius 3 is 2.35 bits per heavy atom. The van der Waals surface area contributed by atoms with Gasteiger partial charge < -0.3 is 5.73 Å². The minimum atomic E-state index is -0.253. The molecule has 0 aromatic heterocycles. The molecule has 0 saturated heterocycles. The van der Waals surface area contributed by atoms with Crippen molar-refractivity contribution in [2.45, 2.75) is 26.7 Å². The first kappa shape index (κ1) is 13.2. The minimum Gasteiger partial charge on any atom is -0.370 e. The second-order valence-corrected chi connectivity index (χ2v) is 3.91. The summed E-state index contributed by atoms with van der Waals surface area (Å²) < 4.78 is 0. The Labute approximate surface area is 103 Å². The maximum atomic E-state index is 10.7. The number of amides is 1. The number of hydrogen-bond acceptors (Lipinski definition) is 1. The highest BCUT2D eigenvalue weighted by Gasteiger charge is 1.99. The lowest BCUT2D eigenvalue weighted by Gasteiger charge is -2.04. The number of hydrogen-bond donors (Lipinski definition) is 1. The quantitative estimate of drug-likeness (QED) is 0.775. The van der Waals surface area contributed by atoms with Gasteiger partial charge in [-0.2, -0.15) is 0 Å². The zero-order valence-electron chi connectivity index (χ0n) is 10.4. The van der Waals surface area contributed by atoms with Gasteiger partial charge in [0.15, 0.2) is 0 Å². The fourth-order valence-corrected chi connectivity index (χ4v) is 1.67. The van der Waals surface area contributed by atoms with Crippen molar-refractivity contribution in [2.24, 2.45) is 5.73 Å². The molecule has 1 amide bonds. The van der Waals surface area contributed by atoms with Gasteiger partial charge in [0.1, 0.15) is 0 Å². The van der Waals surface area contributed by atoms with Crippen LogP contribution >= 0.6 is 0 Å². The molecule has 0 radical (unpaired) electrons. The molecule has 0 aliphatic carbocycles. The lowest BCUT2D eigenvalue weighted by Crippen LogP contribution is -2.11. The van der Waals surface area contributed by atoms with Crippen molar-refractivity contribution in [3.8, 4) is 0 Å². The van der Waals surface area contributed by atoms with Crippen LogP contribution in [0.15, 0.2) is 42.5 Å². The first-order chi connectivity index (χ1) is 8.17. The zero-order valence-corrected chi connectivity index (χ0v) is 10.4. The molecule has 0 unspecified atom stereocenters. The van der Waals surface area contributed by atoms with Gasteiger partial charge in [0.2, 0.25) is 5.91 Å². The standard InChI is InChI=1S/C15H19NO/c1-3-5-13(4-2)14-9-6-12(7-10-14)8-11-15(16)17/h3-7,9-10H,8,11H2,1-2H3,(H2,16,17)/b5-3-,13-4+. The molecule has 0 bridgehead atoms. The van der Waals surface area contributed by atoms with Crippen LogP contribution in [0.4, 0.5) is 0 Å². The average Bonchev–Trinajstić information content (AvgIpc) is 2.34. The molecule has 17 heavy (non-hydrogen) atoms. The maximum absolute atomic E-state index is 10.7. The van der Waals surface area contributed by atoms with Gasteiger partial charge in [0, 0.05) is 6.42 Å². The summed E-state index contributed by atoms with van der Waals surface area (Å²) in [5.41, 5.74) is 8.66. The summed E-state index contributed by atoms with van der Waals surface area (Å²) in [6, 6.07) is 8.24. The Balaban J connectivity index is 2.77. The highest BCUT2D eigenvalue weighted by atomic mass is 16.1. The smallest absolute Gasteiger partial charge is 0.217 e. The molecule has 0 aliphatic rings. The van der Waals surface area contributed by atoms with Crippen molar-refractivity contribution >= 4 is 11.5 Å². The fraction of sp³-hybridized carbons (Fsp3) is 0.267. The van der Waals surface area contributed by atoms with E-state index in [1.54, 1.807) is 0 Å². The van der Waals surface area contributed by atoms with Crippen LogP contribution in [-0.2, 0) is 11.2 Å². The van der Waals surface area contributed by atoms with Crippen molar-refractivity contribution in [1.82, 2.24) is 0 Å². The van der Waals surface area contributed by atoms with Gasteiger partial charge >= 0.3 is 0 Å². The molecule has 2 N–H and O–H groups in total. The third kappa shape index (κ3) is 4.27. The van der Waals surface area contributed by atoms with E-state index in [4.69, 9.17) is 5.73 Å². The van der Waals surface area contributed by atoms with Crippen LogP contribution in [-0.4, -0.2) is 5.91 Å². The summed E-state index contributed by atoms with van der Waals surface area (Å²) in [5.74, 6) is -0.253. The van der Waals surface area contributed by atoms with E-state index < -0.39 is 0 Å². The Morgan fingerprint density at radius 1 is 1.24 bits per heavy atom. The lowest BCUT2D eigenvalue weighted by atomic mass is 10.0. The molecular formula is C15H19NO. The number of carbonyl (C=O) groups is 1. The van der Waals surface area contributed by atoms with Crippen molar-refractivity contribution in [3.05, 3.63) is 53.6 Å². The van der Waals surface area contributed by atoms with Crippen LogP contribution in [0, 0.1) is 0 Å². The molecule has 0 fully saturated rings. The van der Waals surface area contributed by atoms with Gasteiger partial charge in [-0.05, 0) is 37.0 Å². The number of rotatable bonds is 5. The summed E-state index contributed by atoms with van der Waals surface area (Å²) in [6.45, 7) is 4.03. The van der Waals surface area contributed by atoms with Crippen LogP contribution in [0.5, 0.6) is 0 Å². The summed E-state index contributed by atoms with van der Waals surface area (Å²) in [6.07, 6.45) is 7.31. The second-order valence-electron chi connectivity index (χ2n) is 3.91. The highest BCUT2D eigenvalue weighted by Crippen LogP contribution is 2.17. The van der Waals surface area contributed by atoms with E-state index in [0.29, 0.717) is 12.8 Å². The molecule has 90 valence electrons. The van der Waals surface area contributed by atoms with E-state index in [1.807, 2.05) is 32.1 Å². The van der Waals surface area contributed by atoms with E-state index in [9.17, 15) is 4.79 Å². The Morgan fingerprint density at radius 2 is 1.88 bits per heavy atom. The number of carbonyl (C=O) groups excluding carboxylic acids is 1. The van der Waals surface area contributed by atoms with Crippen LogP contribution in [0.25, 0.3) is 5.57 Å². The molecule has 2 heteroatoms. The molecule has 0 spiro atoms. The third-order valence-electron chi connectivity index (χ3n) is 2.60. The zero-order chi connectivity index (χ0) is 12.7. The SMILES string of the molecule is C/C=C\C(=C/C)c1ccc(CCC(N)=O)cc1. The Hall–Kier alpha value is -1.83. The van der Waals surface area contributed by atoms with Crippen LogP contribution in [0.1, 0.15) is 31.4 Å².